The standard InChI is InChI=1S/C14H18O4/c1-14(2,3)18-11-6-4-5-10(13(15)16)12(11)17-9-7-8-9/h4-6,9H,7-8H2,1-3H3,(H,15,16). The van der Waals surface area contributed by atoms with Gasteiger partial charge in [-0.1, -0.05) is 6.07 Å². The highest BCUT2D eigenvalue weighted by Crippen LogP contribution is 2.38. The molecule has 0 atom stereocenters. The van der Waals surface area contributed by atoms with Crippen molar-refractivity contribution in [3.05, 3.63) is 23.8 Å². The number of carboxylic acids is 1. The second-order valence-electron chi connectivity index (χ2n) is 5.47. The zero-order chi connectivity index (χ0) is 13.3. The van der Waals surface area contributed by atoms with Gasteiger partial charge in [0.1, 0.15) is 11.2 Å². The molecule has 1 aromatic carbocycles. The summed E-state index contributed by atoms with van der Waals surface area (Å²) in [6, 6.07) is 4.95. The lowest BCUT2D eigenvalue weighted by Crippen LogP contribution is -2.23. The molecular formula is C14H18O4. The van der Waals surface area contributed by atoms with Crippen LogP contribution in [0.2, 0.25) is 0 Å². The molecule has 0 unspecified atom stereocenters. The van der Waals surface area contributed by atoms with Gasteiger partial charge >= 0.3 is 5.97 Å². The third-order valence-corrected chi connectivity index (χ3v) is 2.43. The lowest BCUT2D eigenvalue weighted by molar-refractivity contribution is 0.0686. The van der Waals surface area contributed by atoms with Crippen LogP contribution in [0.3, 0.4) is 0 Å². The van der Waals surface area contributed by atoms with Crippen LogP contribution in [0.15, 0.2) is 18.2 Å². The Morgan fingerprint density at radius 3 is 2.50 bits per heavy atom. The van der Waals surface area contributed by atoms with Crippen molar-refractivity contribution in [3.63, 3.8) is 0 Å². The van der Waals surface area contributed by atoms with Crippen molar-refractivity contribution in [3.8, 4) is 11.5 Å². The molecule has 0 spiro atoms. The molecule has 0 heterocycles. The Morgan fingerprint density at radius 2 is 2.00 bits per heavy atom. The van der Waals surface area contributed by atoms with E-state index in [1.165, 1.54) is 6.07 Å². The van der Waals surface area contributed by atoms with Gasteiger partial charge in [-0.15, -0.1) is 0 Å². The topological polar surface area (TPSA) is 55.8 Å². The van der Waals surface area contributed by atoms with Crippen LogP contribution in [0, 0.1) is 0 Å². The van der Waals surface area contributed by atoms with Gasteiger partial charge in [0, 0.05) is 0 Å². The maximum Gasteiger partial charge on any atom is 0.339 e. The van der Waals surface area contributed by atoms with Crippen LogP contribution in [-0.4, -0.2) is 22.8 Å². The molecule has 1 aliphatic carbocycles. The highest BCUT2D eigenvalue weighted by atomic mass is 16.5. The number of aromatic carboxylic acids is 1. The summed E-state index contributed by atoms with van der Waals surface area (Å²) in [7, 11) is 0. The van der Waals surface area contributed by atoms with E-state index in [1.807, 2.05) is 20.8 Å². The summed E-state index contributed by atoms with van der Waals surface area (Å²) >= 11 is 0. The van der Waals surface area contributed by atoms with Crippen LogP contribution in [0.4, 0.5) is 0 Å². The summed E-state index contributed by atoms with van der Waals surface area (Å²) in [5, 5.41) is 9.19. The zero-order valence-corrected chi connectivity index (χ0v) is 10.9. The monoisotopic (exact) mass is 250 g/mol. The average molecular weight is 250 g/mol. The van der Waals surface area contributed by atoms with Crippen LogP contribution >= 0.6 is 0 Å². The van der Waals surface area contributed by atoms with Crippen LogP contribution in [-0.2, 0) is 0 Å². The minimum absolute atomic E-state index is 0.132. The van der Waals surface area contributed by atoms with Crippen molar-refractivity contribution >= 4 is 5.97 Å². The summed E-state index contributed by atoms with van der Waals surface area (Å²) in [6.45, 7) is 5.75. The number of ether oxygens (including phenoxy) is 2. The molecule has 1 fully saturated rings. The SMILES string of the molecule is CC(C)(C)Oc1cccc(C(=O)O)c1OC1CC1. The fourth-order valence-corrected chi connectivity index (χ4v) is 1.57. The van der Waals surface area contributed by atoms with Gasteiger partial charge in [0.05, 0.1) is 6.10 Å². The Labute approximate surface area is 107 Å². The molecule has 0 radical (unpaired) electrons. The summed E-state index contributed by atoms with van der Waals surface area (Å²) in [5.41, 5.74) is -0.234. The Morgan fingerprint density at radius 1 is 1.33 bits per heavy atom. The van der Waals surface area contributed by atoms with E-state index in [1.54, 1.807) is 12.1 Å². The largest absolute Gasteiger partial charge is 0.486 e. The summed E-state index contributed by atoms with van der Waals surface area (Å²) < 4.78 is 11.5. The fraction of sp³-hybridized carbons (Fsp3) is 0.500. The lowest BCUT2D eigenvalue weighted by Gasteiger charge is -2.23. The first kappa shape index (κ1) is 12.7. The van der Waals surface area contributed by atoms with E-state index < -0.39 is 11.6 Å². The summed E-state index contributed by atoms with van der Waals surface area (Å²) in [4.78, 5) is 11.2. The normalized spacial score (nSPS) is 15.3. The number of para-hydroxylation sites is 1. The van der Waals surface area contributed by atoms with Crippen molar-refractivity contribution in [2.24, 2.45) is 0 Å². The minimum Gasteiger partial charge on any atom is -0.486 e. The quantitative estimate of drug-likeness (QED) is 0.892. The smallest absolute Gasteiger partial charge is 0.339 e. The maximum absolute atomic E-state index is 11.2. The predicted octanol–water partition coefficient (Wildman–Crippen LogP) is 3.10. The molecule has 0 saturated heterocycles. The highest BCUT2D eigenvalue weighted by molar-refractivity contribution is 5.92. The highest BCUT2D eigenvalue weighted by Gasteiger charge is 2.28. The van der Waals surface area contributed by atoms with Crippen molar-refractivity contribution in [1.82, 2.24) is 0 Å². The third-order valence-electron chi connectivity index (χ3n) is 2.43. The molecular weight excluding hydrogens is 232 g/mol. The van der Waals surface area contributed by atoms with E-state index in [0.29, 0.717) is 11.5 Å². The predicted molar refractivity (Wildman–Crippen MR) is 67.4 cm³/mol. The average Bonchev–Trinajstić information content (AvgIpc) is 3.01. The minimum atomic E-state index is -0.995. The summed E-state index contributed by atoms with van der Waals surface area (Å²) in [6.07, 6.45) is 2.08. The summed E-state index contributed by atoms with van der Waals surface area (Å²) in [5.74, 6) is -0.151. The number of hydrogen-bond acceptors (Lipinski definition) is 3. The number of rotatable bonds is 4. The Bertz CT molecular complexity index is 455. The number of carbonyl (C=O) groups is 1. The molecule has 4 nitrogen and oxygen atoms in total. The van der Waals surface area contributed by atoms with Crippen molar-refractivity contribution < 1.29 is 19.4 Å². The van der Waals surface area contributed by atoms with Gasteiger partial charge < -0.3 is 14.6 Å². The second kappa shape index (κ2) is 4.52. The van der Waals surface area contributed by atoms with Crippen LogP contribution in [0.5, 0.6) is 11.5 Å². The Kier molecular flexibility index (Phi) is 3.20. The Balaban J connectivity index is 2.36. The van der Waals surface area contributed by atoms with Crippen molar-refractivity contribution in [2.75, 3.05) is 0 Å². The van der Waals surface area contributed by atoms with E-state index in [0.717, 1.165) is 12.8 Å². The van der Waals surface area contributed by atoms with Crippen LogP contribution in [0.1, 0.15) is 44.0 Å². The van der Waals surface area contributed by atoms with Crippen LogP contribution in [0.25, 0.3) is 0 Å². The lowest BCUT2D eigenvalue weighted by atomic mass is 10.1. The van der Waals surface area contributed by atoms with Crippen molar-refractivity contribution in [1.29, 1.82) is 0 Å². The zero-order valence-electron chi connectivity index (χ0n) is 10.9. The number of carboxylic acid groups (broad SMARTS) is 1. The van der Waals surface area contributed by atoms with E-state index in [4.69, 9.17) is 9.47 Å². The molecule has 18 heavy (non-hydrogen) atoms. The molecule has 0 bridgehead atoms. The number of benzene rings is 1. The van der Waals surface area contributed by atoms with Gasteiger partial charge in [-0.2, -0.15) is 0 Å². The molecule has 1 N–H and O–H groups in total. The second-order valence-corrected chi connectivity index (χ2v) is 5.47. The molecule has 98 valence electrons. The van der Waals surface area contributed by atoms with Crippen LogP contribution < -0.4 is 9.47 Å². The first-order valence-corrected chi connectivity index (χ1v) is 6.09. The first-order valence-electron chi connectivity index (χ1n) is 6.09. The third kappa shape index (κ3) is 3.15. The first-order chi connectivity index (χ1) is 8.37. The van der Waals surface area contributed by atoms with Gasteiger partial charge in [-0.25, -0.2) is 4.79 Å². The van der Waals surface area contributed by atoms with E-state index in [-0.39, 0.29) is 11.7 Å². The van der Waals surface area contributed by atoms with Gasteiger partial charge in [-0.3, -0.25) is 0 Å². The molecule has 0 aliphatic heterocycles. The number of hydrogen-bond donors (Lipinski definition) is 1. The molecule has 2 rings (SSSR count). The maximum atomic E-state index is 11.2. The van der Waals surface area contributed by atoms with Gasteiger partial charge in [0.2, 0.25) is 0 Å². The van der Waals surface area contributed by atoms with Crippen molar-refractivity contribution in [2.45, 2.75) is 45.3 Å². The molecule has 0 aromatic heterocycles. The van der Waals surface area contributed by atoms with Gasteiger partial charge in [0.25, 0.3) is 0 Å². The molecule has 1 saturated carbocycles. The molecule has 1 aromatic rings. The van der Waals surface area contributed by atoms with Gasteiger partial charge in [0.15, 0.2) is 11.5 Å². The van der Waals surface area contributed by atoms with Gasteiger partial charge in [-0.05, 0) is 45.7 Å². The fourth-order valence-electron chi connectivity index (χ4n) is 1.57. The van der Waals surface area contributed by atoms with E-state index >= 15 is 0 Å². The van der Waals surface area contributed by atoms with E-state index in [9.17, 15) is 9.90 Å². The molecule has 0 amide bonds. The molecule has 4 heteroatoms. The van der Waals surface area contributed by atoms with E-state index in [2.05, 4.69) is 0 Å². The molecule has 1 aliphatic rings. The Hall–Kier alpha value is -1.71.